The molecule has 0 aliphatic carbocycles. The van der Waals surface area contributed by atoms with Crippen molar-refractivity contribution in [2.24, 2.45) is 0 Å². The Hall–Kier alpha value is -1.24. The van der Waals surface area contributed by atoms with Gasteiger partial charge in [0.25, 0.3) is 0 Å². The highest BCUT2D eigenvalue weighted by molar-refractivity contribution is 8.01. The molecule has 2 unspecified atom stereocenters. The van der Waals surface area contributed by atoms with Crippen molar-refractivity contribution in [3.05, 3.63) is 0 Å². The third-order valence-electron chi connectivity index (χ3n) is 3.61. The zero-order chi connectivity index (χ0) is 14.0. The van der Waals surface area contributed by atoms with Crippen molar-refractivity contribution in [2.75, 3.05) is 12.3 Å². The molecule has 2 fully saturated rings. The number of hydrogen-bond donors (Lipinski definition) is 2. The van der Waals surface area contributed by atoms with Gasteiger partial charge in [0.05, 0.1) is 4.87 Å². The van der Waals surface area contributed by atoms with Gasteiger partial charge >= 0.3 is 5.97 Å². The lowest BCUT2D eigenvalue weighted by Gasteiger charge is -2.29. The first-order chi connectivity index (χ1) is 8.94. The number of carboxylic acid groups (broad SMARTS) is 1. The molecule has 2 aliphatic heterocycles. The molecule has 0 radical (unpaired) electrons. The van der Waals surface area contributed by atoms with Gasteiger partial charge in [0.2, 0.25) is 11.8 Å². The van der Waals surface area contributed by atoms with E-state index in [1.54, 1.807) is 16.7 Å². The van der Waals surface area contributed by atoms with Crippen molar-refractivity contribution in [2.45, 2.75) is 43.5 Å². The first kappa shape index (κ1) is 14.2. The minimum Gasteiger partial charge on any atom is -0.481 e. The number of nitrogens with zero attached hydrogens (tertiary/aromatic N) is 1. The molecule has 2 atom stereocenters. The van der Waals surface area contributed by atoms with Crippen LogP contribution in [0.3, 0.4) is 0 Å². The molecule has 0 aromatic rings. The van der Waals surface area contributed by atoms with Crippen LogP contribution in [0.1, 0.15) is 32.6 Å². The van der Waals surface area contributed by atoms with Crippen LogP contribution < -0.4 is 5.32 Å². The molecule has 7 heteroatoms. The van der Waals surface area contributed by atoms with Gasteiger partial charge in [-0.1, -0.05) is 0 Å². The zero-order valence-corrected chi connectivity index (χ0v) is 11.7. The van der Waals surface area contributed by atoms with Crippen LogP contribution in [0.5, 0.6) is 0 Å². The molecule has 0 bridgehead atoms. The lowest BCUT2D eigenvalue weighted by Crippen LogP contribution is -2.50. The maximum absolute atomic E-state index is 12.1. The highest BCUT2D eigenvalue weighted by Gasteiger charge is 2.52. The highest BCUT2D eigenvalue weighted by Crippen LogP contribution is 2.47. The van der Waals surface area contributed by atoms with Gasteiger partial charge in [-0.25, -0.2) is 0 Å². The van der Waals surface area contributed by atoms with Gasteiger partial charge in [-0.05, 0) is 19.8 Å². The summed E-state index contributed by atoms with van der Waals surface area (Å²) in [6, 6.07) is -0.408. The van der Waals surface area contributed by atoms with E-state index in [9.17, 15) is 14.4 Å². The summed E-state index contributed by atoms with van der Waals surface area (Å²) in [4.78, 5) is 35.7. The summed E-state index contributed by atoms with van der Waals surface area (Å²) in [5.41, 5.74) is 0. The SMILES string of the molecule is CC12CCC(=O)N1C(C(=O)NCCCC(=O)O)CS2. The van der Waals surface area contributed by atoms with Gasteiger partial charge in [0.15, 0.2) is 0 Å². The van der Waals surface area contributed by atoms with Crippen molar-refractivity contribution < 1.29 is 19.5 Å². The molecule has 0 aromatic heterocycles. The van der Waals surface area contributed by atoms with Crippen LogP contribution in [0.25, 0.3) is 0 Å². The average Bonchev–Trinajstić information content (AvgIpc) is 2.82. The molecule has 2 heterocycles. The van der Waals surface area contributed by atoms with E-state index in [0.29, 0.717) is 25.1 Å². The van der Waals surface area contributed by atoms with Crippen molar-refractivity contribution in [1.82, 2.24) is 10.2 Å². The molecule has 19 heavy (non-hydrogen) atoms. The molecule has 6 nitrogen and oxygen atoms in total. The summed E-state index contributed by atoms with van der Waals surface area (Å²) in [5.74, 6) is -0.379. The summed E-state index contributed by atoms with van der Waals surface area (Å²) < 4.78 is 0. The van der Waals surface area contributed by atoms with E-state index in [-0.39, 0.29) is 23.1 Å². The van der Waals surface area contributed by atoms with Crippen molar-refractivity contribution >= 4 is 29.5 Å². The van der Waals surface area contributed by atoms with Crippen LogP contribution in [0.2, 0.25) is 0 Å². The van der Waals surface area contributed by atoms with Crippen molar-refractivity contribution in [1.29, 1.82) is 0 Å². The quantitative estimate of drug-likeness (QED) is 0.715. The molecule has 106 valence electrons. The standard InChI is InChI=1S/C12H18N2O4S/c1-12-5-4-9(15)14(12)8(7-19-12)11(18)13-6-2-3-10(16)17/h8H,2-7H2,1H3,(H,13,18)(H,16,17). The van der Waals surface area contributed by atoms with Gasteiger partial charge in [-0.3, -0.25) is 14.4 Å². The second-order valence-corrected chi connectivity index (χ2v) is 6.56. The lowest BCUT2D eigenvalue weighted by molar-refractivity contribution is -0.138. The molecule has 2 saturated heterocycles. The van der Waals surface area contributed by atoms with Gasteiger partial charge in [0, 0.05) is 25.1 Å². The first-order valence-corrected chi connectivity index (χ1v) is 7.38. The van der Waals surface area contributed by atoms with E-state index < -0.39 is 12.0 Å². The van der Waals surface area contributed by atoms with Crippen LogP contribution in [0, 0.1) is 0 Å². The maximum Gasteiger partial charge on any atom is 0.303 e. The smallest absolute Gasteiger partial charge is 0.303 e. The van der Waals surface area contributed by atoms with Crippen LogP contribution in [0.15, 0.2) is 0 Å². The summed E-state index contributed by atoms with van der Waals surface area (Å²) >= 11 is 1.65. The molecular formula is C12H18N2O4S. The van der Waals surface area contributed by atoms with E-state index in [2.05, 4.69) is 5.32 Å². The molecule has 0 aromatic carbocycles. The number of carboxylic acids is 1. The Kier molecular flexibility index (Phi) is 4.03. The van der Waals surface area contributed by atoms with Crippen molar-refractivity contribution in [3.63, 3.8) is 0 Å². The summed E-state index contributed by atoms with van der Waals surface area (Å²) in [6.45, 7) is 2.34. The van der Waals surface area contributed by atoms with E-state index in [0.717, 1.165) is 6.42 Å². The Balaban J connectivity index is 1.86. The molecule has 0 spiro atoms. The second-order valence-electron chi connectivity index (χ2n) is 5.05. The van der Waals surface area contributed by atoms with Crippen LogP contribution >= 0.6 is 11.8 Å². The van der Waals surface area contributed by atoms with Gasteiger partial charge < -0.3 is 15.3 Å². The molecular weight excluding hydrogens is 268 g/mol. The summed E-state index contributed by atoms with van der Waals surface area (Å²) in [6.07, 6.45) is 1.75. The first-order valence-electron chi connectivity index (χ1n) is 6.40. The number of hydrogen-bond acceptors (Lipinski definition) is 4. The Bertz CT molecular complexity index is 415. The normalized spacial score (nSPS) is 29.4. The molecule has 2 N–H and O–H groups in total. The number of amides is 2. The van der Waals surface area contributed by atoms with Crippen LogP contribution in [-0.2, 0) is 14.4 Å². The number of aliphatic carboxylic acids is 1. The minimum atomic E-state index is -0.868. The highest BCUT2D eigenvalue weighted by atomic mass is 32.2. The predicted octanol–water partition coefficient (Wildman–Crippen LogP) is 0.421. The Labute approximate surface area is 115 Å². The topological polar surface area (TPSA) is 86.7 Å². The monoisotopic (exact) mass is 286 g/mol. The fourth-order valence-electron chi connectivity index (χ4n) is 2.58. The Morgan fingerprint density at radius 2 is 2.32 bits per heavy atom. The third-order valence-corrected chi connectivity index (χ3v) is 5.12. The lowest BCUT2D eigenvalue weighted by atomic mass is 10.2. The van der Waals surface area contributed by atoms with E-state index in [4.69, 9.17) is 5.11 Å². The molecule has 2 rings (SSSR count). The molecule has 0 saturated carbocycles. The molecule has 2 aliphatic rings. The zero-order valence-electron chi connectivity index (χ0n) is 10.8. The van der Waals surface area contributed by atoms with Gasteiger partial charge in [0.1, 0.15) is 6.04 Å². The Morgan fingerprint density at radius 3 is 3.00 bits per heavy atom. The third kappa shape index (κ3) is 2.86. The van der Waals surface area contributed by atoms with Crippen molar-refractivity contribution in [3.8, 4) is 0 Å². The Morgan fingerprint density at radius 1 is 1.58 bits per heavy atom. The van der Waals surface area contributed by atoms with E-state index in [1.807, 2.05) is 6.92 Å². The predicted molar refractivity (Wildman–Crippen MR) is 70.6 cm³/mol. The number of fused-ring (bicyclic) bond motifs is 1. The average molecular weight is 286 g/mol. The largest absolute Gasteiger partial charge is 0.481 e. The number of carbonyl (C=O) groups excluding carboxylic acids is 2. The number of carbonyl (C=O) groups is 3. The van der Waals surface area contributed by atoms with E-state index in [1.165, 1.54) is 0 Å². The minimum absolute atomic E-state index is 0.0400. The van der Waals surface area contributed by atoms with Gasteiger partial charge in [-0.15, -0.1) is 11.8 Å². The van der Waals surface area contributed by atoms with Gasteiger partial charge in [-0.2, -0.15) is 0 Å². The van der Waals surface area contributed by atoms with E-state index >= 15 is 0 Å². The molecule has 2 amide bonds. The maximum atomic E-state index is 12.1. The number of rotatable bonds is 5. The summed E-state index contributed by atoms with van der Waals surface area (Å²) in [5, 5.41) is 11.2. The second kappa shape index (κ2) is 5.40. The summed E-state index contributed by atoms with van der Waals surface area (Å²) in [7, 11) is 0. The number of nitrogens with one attached hydrogen (secondary N) is 1. The number of thioether (sulfide) groups is 1. The van der Waals surface area contributed by atoms with Crippen LogP contribution in [-0.4, -0.2) is 51.0 Å². The van der Waals surface area contributed by atoms with Crippen LogP contribution in [0.4, 0.5) is 0 Å². The fraction of sp³-hybridized carbons (Fsp3) is 0.750. The fourth-order valence-corrected chi connectivity index (χ4v) is 4.02.